The fourth-order valence-corrected chi connectivity index (χ4v) is 3.77. The second-order valence-electron chi connectivity index (χ2n) is 6.54. The molecule has 1 N–H and O–H groups in total. The summed E-state index contributed by atoms with van der Waals surface area (Å²) in [5, 5.41) is 3.94. The lowest BCUT2D eigenvalue weighted by atomic mass is 10.1. The van der Waals surface area contributed by atoms with Gasteiger partial charge in [0.05, 0.1) is 12.7 Å². The summed E-state index contributed by atoms with van der Waals surface area (Å²) in [4.78, 5) is 17.6. The number of likely N-dealkylation sites (tertiary alicyclic amines) is 1. The molecule has 2 saturated heterocycles. The molecule has 1 unspecified atom stereocenters. The highest BCUT2D eigenvalue weighted by molar-refractivity contribution is 6.30. The van der Waals surface area contributed by atoms with E-state index in [9.17, 15) is 4.79 Å². The SMILES string of the molecule is COc1cc(Cl)ccc1C(=O)N(CCN1CCCC1)C1CCNC1. The van der Waals surface area contributed by atoms with E-state index in [4.69, 9.17) is 16.3 Å². The Morgan fingerprint density at radius 2 is 2.21 bits per heavy atom. The number of amides is 1. The molecule has 0 bridgehead atoms. The largest absolute Gasteiger partial charge is 0.496 e. The van der Waals surface area contributed by atoms with Gasteiger partial charge >= 0.3 is 0 Å². The van der Waals surface area contributed by atoms with Crippen LogP contribution in [0.1, 0.15) is 29.6 Å². The van der Waals surface area contributed by atoms with Crippen LogP contribution < -0.4 is 10.1 Å². The van der Waals surface area contributed by atoms with Gasteiger partial charge in [0, 0.05) is 30.7 Å². The fourth-order valence-electron chi connectivity index (χ4n) is 3.61. The molecule has 2 heterocycles. The minimum absolute atomic E-state index is 0.0383. The van der Waals surface area contributed by atoms with E-state index in [1.165, 1.54) is 12.8 Å². The summed E-state index contributed by atoms with van der Waals surface area (Å²) in [5.41, 5.74) is 0.593. The number of carbonyl (C=O) groups excluding carboxylic acids is 1. The first-order valence-electron chi connectivity index (χ1n) is 8.76. The number of methoxy groups -OCH3 is 1. The third kappa shape index (κ3) is 4.02. The Kier molecular flexibility index (Phi) is 5.98. The van der Waals surface area contributed by atoms with Crippen LogP contribution in [0.2, 0.25) is 5.02 Å². The number of ether oxygens (including phenoxy) is 1. The van der Waals surface area contributed by atoms with Gasteiger partial charge in [-0.1, -0.05) is 11.6 Å². The van der Waals surface area contributed by atoms with Crippen molar-refractivity contribution in [2.24, 2.45) is 0 Å². The number of benzene rings is 1. The van der Waals surface area contributed by atoms with Gasteiger partial charge in [-0.25, -0.2) is 0 Å². The molecule has 24 heavy (non-hydrogen) atoms. The van der Waals surface area contributed by atoms with Crippen LogP contribution in [-0.2, 0) is 0 Å². The van der Waals surface area contributed by atoms with Crippen molar-refractivity contribution in [2.45, 2.75) is 25.3 Å². The Balaban J connectivity index is 1.77. The van der Waals surface area contributed by atoms with Crippen LogP contribution in [0.3, 0.4) is 0 Å². The molecular weight excluding hydrogens is 326 g/mol. The molecule has 0 saturated carbocycles. The number of hydrogen-bond donors (Lipinski definition) is 1. The number of halogens is 1. The van der Waals surface area contributed by atoms with Crippen molar-refractivity contribution in [1.29, 1.82) is 0 Å². The van der Waals surface area contributed by atoms with E-state index in [2.05, 4.69) is 10.2 Å². The summed E-state index contributed by atoms with van der Waals surface area (Å²) in [6, 6.07) is 5.48. The lowest BCUT2D eigenvalue weighted by Crippen LogP contribution is -2.45. The van der Waals surface area contributed by atoms with Gasteiger partial charge in [0.15, 0.2) is 0 Å². The highest BCUT2D eigenvalue weighted by Gasteiger charge is 2.29. The van der Waals surface area contributed by atoms with Crippen LogP contribution in [0.5, 0.6) is 5.75 Å². The van der Waals surface area contributed by atoms with E-state index in [1.54, 1.807) is 25.3 Å². The topological polar surface area (TPSA) is 44.8 Å². The Hall–Kier alpha value is -1.30. The zero-order valence-electron chi connectivity index (χ0n) is 14.3. The Morgan fingerprint density at radius 3 is 2.88 bits per heavy atom. The quantitative estimate of drug-likeness (QED) is 0.853. The number of nitrogens with one attached hydrogen (secondary N) is 1. The molecule has 1 amide bonds. The molecule has 0 radical (unpaired) electrons. The van der Waals surface area contributed by atoms with Crippen LogP contribution in [0.25, 0.3) is 0 Å². The molecule has 132 valence electrons. The van der Waals surface area contributed by atoms with Crippen molar-refractivity contribution in [3.05, 3.63) is 28.8 Å². The van der Waals surface area contributed by atoms with Crippen molar-refractivity contribution < 1.29 is 9.53 Å². The Labute approximate surface area is 148 Å². The third-order valence-electron chi connectivity index (χ3n) is 4.99. The average molecular weight is 352 g/mol. The molecular formula is C18H26ClN3O2. The van der Waals surface area contributed by atoms with Crippen LogP contribution in [0.15, 0.2) is 18.2 Å². The standard InChI is InChI=1S/C18H26ClN3O2/c1-24-17-12-14(19)4-5-16(17)18(23)22(15-6-7-20-13-15)11-10-21-8-2-3-9-21/h4-5,12,15,20H,2-3,6-11,13H2,1H3. The number of hydrogen-bond acceptors (Lipinski definition) is 4. The van der Waals surface area contributed by atoms with Gasteiger partial charge in [0.25, 0.3) is 5.91 Å². The van der Waals surface area contributed by atoms with Crippen LogP contribution in [-0.4, -0.2) is 68.1 Å². The molecule has 1 aromatic rings. The van der Waals surface area contributed by atoms with E-state index in [1.807, 2.05) is 4.90 Å². The predicted molar refractivity (Wildman–Crippen MR) is 96.0 cm³/mol. The molecule has 3 rings (SSSR count). The first-order chi connectivity index (χ1) is 11.7. The van der Waals surface area contributed by atoms with Gasteiger partial charge in [0.2, 0.25) is 0 Å². The highest BCUT2D eigenvalue weighted by Crippen LogP contribution is 2.26. The van der Waals surface area contributed by atoms with Crippen LogP contribution in [0.4, 0.5) is 0 Å². The molecule has 2 aliphatic rings. The van der Waals surface area contributed by atoms with E-state index < -0.39 is 0 Å². The van der Waals surface area contributed by atoms with Crippen molar-refractivity contribution in [3.63, 3.8) is 0 Å². The van der Waals surface area contributed by atoms with E-state index in [0.29, 0.717) is 16.3 Å². The summed E-state index contributed by atoms with van der Waals surface area (Å²) in [5.74, 6) is 0.584. The van der Waals surface area contributed by atoms with Crippen molar-refractivity contribution in [2.75, 3.05) is 46.4 Å². The first-order valence-corrected chi connectivity index (χ1v) is 9.14. The maximum atomic E-state index is 13.2. The van der Waals surface area contributed by atoms with Crippen molar-refractivity contribution in [1.82, 2.24) is 15.1 Å². The molecule has 1 aromatic carbocycles. The summed E-state index contributed by atoms with van der Waals surface area (Å²) >= 11 is 6.03. The van der Waals surface area contributed by atoms with Crippen molar-refractivity contribution >= 4 is 17.5 Å². The minimum atomic E-state index is 0.0383. The zero-order valence-corrected chi connectivity index (χ0v) is 15.0. The monoisotopic (exact) mass is 351 g/mol. The van der Waals surface area contributed by atoms with E-state index >= 15 is 0 Å². The van der Waals surface area contributed by atoms with Gasteiger partial charge in [-0.2, -0.15) is 0 Å². The molecule has 5 nitrogen and oxygen atoms in total. The van der Waals surface area contributed by atoms with Gasteiger partial charge < -0.3 is 19.9 Å². The van der Waals surface area contributed by atoms with Gasteiger partial charge in [-0.15, -0.1) is 0 Å². The third-order valence-corrected chi connectivity index (χ3v) is 5.22. The summed E-state index contributed by atoms with van der Waals surface area (Å²) < 4.78 is 5.38. The second kappa shape index (κ2) is 8.19. The van der Waals surface area contributed by atoms with Gasteiger partial charge in [0.1, 0.15) is 5.75 Å². The molecule has 2 aliphatic heterocycles. The maximum Gasteiger partial charge on any atom is 0.257 e. The van der Waals surface area contributed by atoms with E-state index in [0.717, 1.165) is 45.7 Å². The molecule has 6 heteroatoms. The lowest BCUT2D eigenvalue weighted by molar-refractivity contribution is 0.0669. The summed E-state index contributed by atoms with van der Waals surface area (Å²) in [6.45, 7) is 5.83. The molecule has 1 atom stereocenters. The smallest absolute Gasteiger partial charge is 0.257 e. The second-order valence-corrected chi connectivity index (χ2v) is 6.97. The molecule has 0 aliphatic carbocycles. The normalized spacial score (nSPS) is 21.2. The predicted octanol–water partition coefficient (Wildman–Crippen LogP) is 2.25. The van der Waals surface area contributed by atoms with E-state index in [-0.39, 0.29) is 11.9 Å². The first kappa shape index (κ1) is 17.5. The molecule has 0 spiro atoms. The fraction of sp³-hybridized carbons (Fsp3) is 0.611. The molecule has 0 aromatic heterocycles. The van der Waals surface area contributed by atoms with Crippen LogP contribution >= 0.6 is 11.6 Å². The molecule has 2 fully saturated rings. The lowest BCUT2D eigenvalue weighted by Gasteiger charge is -2.31. The Bertz CT molecular complexity index is 569. The summed E-state index contributed by atoms with van der Waals surface area (Å²) in [7, 11) is 1.58. The van der Waals surface area contributed by atoms with Crippen LogP contribution in [0, 0.1) is 0 Å². The van der Waals surface area contributed by atoms with Gasteiger partial charge in [-0.05, 0) is 57.1 Å². The highest BCUT2D eigenvalue weighted by atomic mass is 35.5. The summed E-state index contributed by atoms with van der Waals surface area (Å²) in [6.07, 6.45) is 3.54. The number of rotatable bonds is 6. The number of nitrogens with zero attached hydrogens (tertiary/aromatic N) is 2. The average Bonchev–Trinajstić information content (AvgIpc) is 3.28. The van der Waals surface area contributed by atoms with Gasteiger partial charge in [-0.3, -0.25) is 4.79 Å². The zero-order chi connectivity index (χ0) is 16.9. The number of carbonyl (C=O) groups is 1. The Morgan fingerprint density at radius 1 is 1.42 bits per heavy atom. The van der Waals surface area contributed by atoms with Crippen molar-refractivity contribution in [3.8, 4) is 5.75 Å². The minimum Gasteiger partial charge on any atom is -0.496 e. The maximum absolute atomic E-state index is 13.2.